The van der Waals surface area contributed by atoms with Crippen LogP contribution in [0.1, 0.15) is 0 Å². The Bertz CT molecular complexity index is 8.00. The SMILES string of the molecule is C=O.[BH4-].[Li+]. The van der Waals surface area contributed by atoms with Crippen molar-refractivity contribution in [2.24, 2.45) is 0 Å². The summed E-state index contributed by atoms with van der Waals surface area (Å²) in [5.41, 5.74) is 0. The van der Waals surface area contributed by atoms with Gasteiger partial charge in [0.05, 0.1) is 0 Å². The van der Waals surface area contributed by atoms with Crippen LogP contribution in [0.25, 0.3) is 0 Å². The van der Waals surface area contributed by atoms with Gasteiger partial charge in [0.1, 0.15) is 6.79 Å². The molecule has 0 N–H and O–H groups in total. The molecule has 0 aliphatic carbocycles. The molecule has 0 saturated carbocycles. The first kappa shape index (κ1) is 27.1. The first-order valence-electron chi connectivity index (χ1n) is 0.289. The third-order valence-electron chi connectivity index (χ3n) is 0. The first-order chi connectivity index (χ1) is 1.00. The van der Waals surface area contributed by atoms with Crippen molar-refractivity contribution in [3.05, 3.63) is 0 Å². The van der Waals surface area contributed by atoms with Crippen molar-refractivity contribution < 1.29 is 23.7 Å². The van der Waals surface area contributed by atoms with E-state index in [1.165, 1.54) is 0 Å². The molecule has 3 heteroatoms. The molecule has 0 aliphatic rings. The van der Waals surface area contributed by atoms with E-state index in [9.17, 15) is 0 Å². The zero-order valence-corrected chi connectivity index (χ0v) is 2.12. The minimum absolute atomic E-state index is 0. The molecule has 0 saturated heterocycles. The van der Waals surface area contributed by atoms with Gasteiger partial charge in [0.25, 0.3) is 0 Å². The maximum Gasteiger partial charge on any atom is 1.00 e. The average Bonchev–Trinajstić information content (AvgIpc) is 1.00. The van der Waals surface area contributed by atoms with Crippen molar-refractivity contribution in [2.75, 3.05) is 0 Å². The summed E-state index contributed by atoms with van der Waals surface area (Å²) in [5, 5.41) is 0. The van der Waals surface area contributed by atoms with Crippen molar-refractivity contribution in [1.29, 1.82) is 0 Å². The van der Waals surface area contributed by atoms with Gasteiger partial charge in [0.2, 0.25) is 0 Å². The Morgan fingerprint density at radius 3 is 1.25 bits per heavy atom. The Labute approximate surface area is 39.5 Å². The second-order valence-electron chi connectivity index (χ2n) is 0. The predicted octanol–water partition coefficient (Wildman–Crippen LogP) is -4.63. The molecule has 20 valence electrons. The van der Waals surface area contributed by atoms with E-state index in [4.69, 9.17) is 4.79 Å². The smallest absolute Gasteiger partial charge is 0.307 e. The van der Waals surface area contributed by atoms with Crippen molar-refractivity contribution in [2.45, 2.75) is 0 Å². The summed E-state index contributed by atoms with van der Waals surface area (Å²) in [6, 6.07) is 0. The number of carbonyl (C=O) groups excluding carboxylic acids is 1. The molecule has 0 amide bonds. The maximum atomic E-state index is 8.00. The van der Waals surface area contributed by atoms with Crippen LogP contribution in [0.5, 0.6) is 0 Å². The molecule has 0 fully saturated rings. The number of hydrogen-bond acceptors (Lipinski definition) is 1. The Hall–Kier alpha value is 0.332. The summed E-state index contributed by atoms with van der Waals surface area (Å²) >= 11 is 0. The summed E-state index contributed by atoms with van der Waals surface area (Å²) in [6.07, 6.45) is 0. The molecule has 0 unspecified atom stereocenters. The zero-order valence-electron chi connectivity index (χ0n) is 2.12. The van der Waals surface area contributed by atoms with E-state index in [-0.39, 0.29) is 27.3 Å². The fourth-order valence-electron chi connectivity index (χ4n) is 0. The molecule has 0 spiro atoms. The van der Waals surface area contributed by atoms with E-state index in [1.807, 2.05) is 6.79 Å². The van der Waals surface area contributed by atoms with Crippen LogP contribution in [0.15, 0.2) is 0 Å². The van der Waals surface area contributed by atoms with Gasteiger partial charge in [0.15, 0.2) is 0 Å². The summed E-state index contributed by atoms with van der Waals surface area (Å²) in [7, 11) is 0. The Kier molecular flexibility index (Phi) is 1110. The van der Waals surface area contributed by atoms with E-state index < -0.39 is 0 Å². The van der Waals surface area contributed by atoms with Crippen LogP contribution in [0.4, 0.5) is 0 Å². The molecule has 4 heavy (non-hydrogen) atoms. The molecule has 0 aromatic rings. The van der Waals surface area contributed by atoms with Crippen molar-refractivity contribution in [3.8, 4) is 0 Å². The minimum atomic E-state index is 0. The first-order valence-corrected chi connectivity index (χ1v) is 0.289. The fraction of sp³-hybridized carbons (Fsp3) is 0. The van der Waals surface area contributed by atoms with E-state index >= 15 is 0 Å². The van der Waals surface area contributed by atoms with Crippen LogP contribution >= 0.6 is 0 Å². The zero-order chi connectivity index (χ0) is 2.00. The van der Waals surface area contributed by atoms with Crippen LogP contribution in [0.3, 0.4) is 0 Å². The second kappa shape index (κ2) is 164. The van der Waals surface area contributed by atoms with Gasteiger partial charge in [-0.25, -0.2) is 0 Å². The fourth-order valence-corrected chi connectivity index (χ4v) is 0. The van der Waals surface area contributed by atoms with E-state index in [0.29, 0.717) is 0 Å². The standard InChI is InChI=1S/CH2O.BH4.Li/c1-2;;/h1H2;1H4;/q;-1;+1. The molecule has 0 aliphatic heterocycles. The predicted molar refractivity (Wildman–Crippen MR) is 18.5 cm³/mol. The van der Waals surface area contributed by atoms with Crippen LogP contribution in [-0.2, 0) is 4.79 Å². The van der Waals surface area contributed by atoms with Gasteiger partial charge >= 0.3 is 18.9 Å². The van der Waals surface area contributed by atoms with Crippen LogP contribution in [-0.4, -0.2) is 15.2 Å². The normalized spacial score (nSPS) is 1.00. The molecule has 0 aromatic heterocycles. The third kappa shape index (κ3) is 37.5. The monoisotopic (exact) mass is 52.1 g/mol. The molecular formula is CH6BLiO. The van der Waals surface area contributed by atoms with Crippen LogP contribution in [0.2, 0.25) is 0 Å². The van der Waals surface area contributed by atoms with Crippen molar-refractivity contribution >= 4 is 15.2 Å². The molecule has 0 heterocycles. The van der Waals surface area contributed by atoms with E-state index in [2.05, 4.69) is 0 Å². The van der Waals surface area contributed by atoms with Gasteiger partial charge in [-0.05, 0) is 0 Å². The molecule has 1 nitrogen and oxygen atoms in total. The van der Waals surface area contributed by atoms with Gasteiger partial charge < -0.3 is 4.79 Å². The molecule has 0 atom stereocenters. The van der Waals surface area contributed by atoms with Gasteiger partial charge in [0, 0.05) is 0 Å². The van der Waals surface area contributed by atoms with Gasteiger partial charge in [-0.15, -0.1) is 0 Å². The van der Waals surface area contributed by atoms with E-state index in [1.54, 1.807) is 0 Å². The van der Waals surface area contributed by atoms with Crippen LogP contribution in [0, 0.1) is 0 Å². The van der Waals surface area contributed by atoms with Gasteiger partial charge in [-0.2, -0.15) is 0 Å². The Morgan fingerprint density at radius 2 is 1.25 bits per heavy atom. The Morgan fingerprint density at radius 1 is 1.25 bits per heavy atom. The quantitative estimate of drug-likeness (QED) is 0.253. The molecular weight excluding hydrogens is 45.8 g/mol. The maximum absolute atomic E-state index is 8.00. The largest absolute Gasteiger partial charge is 1.00 e. The van der Waals surface area contributed by atoms with E-state index in [0.717, 1.165) is 0 Å². The number of carbonyl (C=O) groups is 1. The molecule has 0 rings (SSSR count). The second-order valence-corrected chi connectivity index (χ2v) is 0. The third-order valence-corrected chi connectivity index (χ3v) is 0. The molecule has 0 aromatic carbocycles. The van der Waals surface area contributed by atoms with Crippen molar-refractivity contribution in [1.82, 2.24) is 0 Å². The molecule has 0 radical (unpaired) electrons. The topological polar surface area (TPSA) is 17.1 Å². The van der Waals surface area contributed by atoms with Gasteiger partial charge in [-0.3, -0.25) is 0 Å². The summed E-state index contributed by atoms with van der Waals surface area (Å²) in [6.45, 7) is 2.00. The summed E-state index contributed by atoms with van der Waals surface area (Å²) in [4.78, 5) is 8.00. The number of rotatable bonds is 0. The minimum Gasteiger partial charge on any atom is -0.307 e. The van der Waals surface area contributed by atoms with Gasteiger partial charge in [-0.1, -0.05) is 8.41 Å². The number of hydrogen-bond donors (Lipinski definition) is 0. The Balaban J connectivity index is -0.00000000500. The molecule has 0 bridgehead atoms. The van der Waals surface area contributed by atoms with Crippen molar-refractivity contribution in [3.63, 3.8) is 0 Å². The summed E-state index contributed by atoms with van der Waals surface area (Å²) in [5.74, 6) is 0. The van der Waals surface area contributed by atoms with Crippen LogP contribution < -0.4 is 18.9 Å². The summed E-state index contributed by atoms with van der Waals surface area (Å²) < 4.78 is 0. The average molecular weight is 51.8 g/mol.